The second-order valence-electron chi connectivity index (χ2n) is 22.2. The van der Waals surface area contributed by atoms with E-state index >= 15 is 0 Å². The first kappa shape index (κ1) is 42.7. The maximum atomic E-state index is 2.62. The fourth-order valence-electron chi connectivity index (χ4n) is 12.0. The van der Waals surface area contributed by atoms with E-state index < -0.39 is 0 Å². The third-order valence-corrected chi connectivity index (χ3v) is 16.7. The molecule has 1 aliphatic carbocycles. The Bertz CT molecular complexity index is 3680. The molecular weight excluding hydrogens is 866 g/mol. The summed E-state index contributed by atoms with van der Waals surface area (Å²) in [7, 11) is 0. The van der Waals surface area contributed by atoms with E-state index in [-0.39, 0.29) is 23.0 Å². The van der Waals surface area contributed by atoms with Crippen LogP contribution < -0.4 is 25.5 Å². The summed E-state index contributed by atoms with van der Waals surface area (Å²) >= 11 is 2.00. The molecule has 0 amide bonds. The van der Waals surface area contributed by atoms with Gasteiger partial charge in [0.15, 0.2) is 0 Å². The van der Waals surface area contributed by atoms with E-state index in [1.54, 1.807) is 0 Å². The first-order valence-electron chi connectivity index (χ1n) is 24.9. The Morgan fingerprint density at radius 1 is 0.471 bits per heavy atom. The minimum atomic E-state index is -0.123. The van der Waals surface area contributed by atoms with Crippen LogP contribution in [0.2, 0.25) is 0 Å². The number of para-hydroxylation sites is 1. The van der Waals surface area contributed by atoms with Gasteiger partial charge in [-0.25, -0.2) is 0 Å². The summed E-state index contributed by atoms with van der Waals surface area (Å²) in [6.45, 7) is 18.5. The van der Waals surface area contributed by atoms with Gasteiger partial charge in [0, 0.05) is 54.3 Å². The molecule has 8 aromatic carbocycles. The van der Waals surface area contributed by atoms with Gasteiger partial charge in [-0.1, -0.05) is 189 Å². The van der Waals surface area contributed by atoms with Gasteiger partial charge in [0.05, 0.1) is 11.4 Å². The largest absolute Gasteiger partial charge is 0.310 e. The van der Waals surface area contributed by atoms with Crippen LogP contribution in [0.4, 0.5) is 34.3 Å². The first-order chi connectivity index (χ1) is 33.8. The number of rotatable bonds is 5. The Kier molecular flexibility index (Phi) is 9.36. The normalized spacial score (nSPS) is 14.3. The van der Waals surface area contributed by atoms with Crippen molar-refractivity contribution >= 4 is 78.1 Å². The van der Waals surface area contributed by atoms with Crippen molar-refractivity contribution in [2.75, 3.05) is 9.80 Å². The van der Waals surface area contributed by atoms with Crippen molar-refractivity contribution < 1.29 is 0 Å². The number of benzene rings is 8. The van der Waals surface area contributed by atoms with Crippen LogP contribution in [0.1, 0.15) is 77.6 Å². The Hall–Kier alpha value is -7.34. The molecule has 4 heterocycles. The van der Waals surface area contributed by atoms with Crippen molar-refractivity contribution in [3.05, 3.63) is 216 Å². The molecule has 0 radical (unpaired) electrons. The lowest BCUT2D eigenvalue weighted by molar-refractivity contribution is 0.590. The van der Waals surface area contributed by atoms with E-state index in [9.17, 15) is 0 Å². The van der Waals surface area contributed by atoms with Crippen LogP contribution in [-0.4, -0.2) is 11.3 Å². The van der Waals surface area contributed by atoms with Crippen molar-refractivity contribution in [3.8, 4) is 39.2 Å². The van der Waals surface area contributed by atoms with E-state index in [0.717, 1.165) is 11.4 Å². The lowest BCUT2D eigenvalue weighted by Crippen LogP contribution is -2.60. The summed E-state index contributed by atoms with van der Waals surface area (Å²) in [4.78, 5) is 5.21. The minimum Gasteiger partial charge on any atom is -0.310 e. The summed E-state index contributed by atoms with van der Waals surface area (Å²) in [5, 5.41) is 1.30. The molecule has 0 fully saturated rings. The molecular formula is C65H56BN3S. The molecule has 0 spiro atoms. The number of anilines is 6. The second kappa shape index (κ2) is 15.3. The molecule has 5 heteroatoms. The lowest BCUT2D eigenvalue weighted by atomic mass is 9.36. The summed E-state index contributed by atoms with van der Waals surface area (Å²) in [5.41, 5.74) is 22.6. The summed E-state index contributed by atoms with van der Waals surface area (Å²) in [6, 6.07) is 73.4. The van der Waals surface area contributed by atoms with Crippen LogP contribution in [-0.2, 0) is 16.2 Å². The van der Waals surface area contributed by atoms with Crippen molar-refractivity contribution in [2.45, 2.75) is 71.6 Å². The lowest BCUT2D eigenvalue weighted by Gasteiger charge is -2.43. The molecule has 340 valence electrons. The second-order valence-corrected chi connectivity index (χ2v) is 23.2. The highest BCUT2D eigenvalue weighted by Crippen LogP contribution is 2.55. The predicted octanol–water partition coefficient (Wildman–Crippen LogP) is 16.0. The number of hydrogen-bond donors (Lipinski definition) is 0. The van der Waals surface area contributed by atoms with Crippen LogP contribution in [0.25, 0.3) is 49.3 Å². The average molecular weight is 922 g/mol. The Morgan fingerprint density at radius 3 is 1.63 bits per heavy atom. The zero-order chi connectivity index (χ0) is 47.8. The highest BCUT2D eigenvalue weighted by Gasteiger charge is 2.50. The molecule has 13 rings (SSSR count). The van der Waals surface area contributed by atoms with Gasteiger partial charge >= 0.3 is 0 Å². The van der Waals surface area contributed by atoms with Gasteiger partial charge in [0.2, 0.25) is 0 Å². The summed E-state index contributed by atoms with van der Waals surface area (Å²) in [5.74, 6) is 1.17. The van der Waals surface area contributed by atoms with Crippen molar-refractivity contribution in [1.82, 2.24) is 4.57 Å². The number of aromatic nitrogens is 1. The zero-order valence-electron chi connectivity index (χ0n) is 41.3. The Labute approximate surface area is 417 Å². The molecule has 3 nitrogen and oxygen atoms in total. The monoisotopic (exact) mass is 921 g/mol. The van der Waals surface area contributed by atoms with Crippen LogP contribution >= 0.6 is 11.3 Å². The molecule has 3 aliphatic rings. The molecule has 10 aromatic rings. The molecule has 0 saturated carbocycles. The number of nitrogens with zero attached hydrogens (tertiary/aromatic N) is 3. The fourth-order valence-corrected chi connectivity index (χ4v) is 13.3. The third-order valence-electron chi connectivity index (χ3n) is 15.5. The Balaban J connectivity index is 1.21. The molecule has 2 aliphatic heterocycles. The van der Waals surface area contributed by atoms with Gasteiger partial charge in [-0.15, -0.1) is 11.3 Å². The molecule has 0 saturated heterocycles. The molecule has 0 bridgehead atoms. The van der Waals surface area contributed by atoms with E-state index in [0.29, 0.717) is 0 Å². The van der Waals surface area contributed by atoms with Crippen LogP contribution in [0, 0.1) is 0 Å². The SMILES string of the molecule is CC(C)(C)c1ccc(N2c3cccc4c3B(c3sc5cc6c(cc5c32)-c2ccccc2C6(C)C)c2c(-c3ccccc3)c(-c3ccccc3)n(-c3ccccc3)c2N4c2ccc(C(C)(C)C)cc2)cc1. The van der Waals surface area contributed by atoms with Crippen molar-refractivity contribution in [1.29, 1.82) is 0 Å². The zero-order valence-corrected chi connectivity index (χ0v) is 42.1. The molecule has 2 aromatic heterocycles. The number of fused-ring (bicyclic) bond motifs is 9. The maximum Gasteiger partial charge on any atom is 0.267 e. The highest BCUT2D eigenvalue weighted by molar-refractivity contribution is 7.34. The maximum absolute atomic E-state index is 2.62. The minimum absolute atomic E-state index is 0.00588. The molecule has 0 atom stereocenters. The van der Waals surface area contributed by atoms with Gasteiger partial charge in [-0.05, 0) is 127 Å². The van der Waals surface area contributed by atoms with Crippen molar-refractivity contribution in [2.24, 2.45) is 0 Å². The fraction of sp³-hybridized carbons (Fsp3) is 0.169. The topological polar surface area (TPSA) is 11.4 Å². The van der Waals surface area contributed by atoms with E-state index in [2.05, 4.69) is 264 Å². The quantitative estimate of drug-likeness (QED) is 0.159. The smallest absolute Gasteiger partial charge is 0.267 e. The van der Waals surface area contributed by atoms with Gasteiger partial charge in [-0.3, -0.25) is 9.47 Å². The summed E-state index contributed by atoms with van der Waals surface area (Å²) in [6.07, 6.45) is 0. The molecule has 70 heavy (non-hydrogen) atoms. The predicted molar refractivity (Wildman–Crippen MR) is 301 cm³/mol. The van der Waals surface area contributed by atoms with Gasteiger partial charge < -0.3 is 4.90 Å². The summed E-state index contributed by atoms with van der Waals surface area (Å²) < 4.78 is 5.28. The Morgan fingerprint density at radius 2 is 1.01 bits per heavy atom. The average Bonchev–Trinajstić information content (AvgIpc) is 3.99. The van der Waals surface area contributed by atoms with E-state index in [4.69, 9.17) is 0 Å². The standard InChI is InChI=1S/C65H56BN3S/c1-63(2,3)43-31-35-46(36-32-43)67-53-29-20-30-54-57(53)66(61-60(67)50-39-49-48-27-18-19-28-51(48)65(7,8)52(49)40-55(50)70-61)58-56(41-21-12-9-13-22-41)59(42-23-14-10-15-24-42)69(45-25-16-11-17-26-45)62(58)68(54)47-37-33-44(34-38-47)64(4,5)6/h9-40H,1-8H3. The highest BCUT2D eigenvalue weighted by atomic mass is 32.1. The third kappa shape index (κ3) is 6.26. The van der Waals surface area contributed by atoms with E-state index in [1.165, 1.54) is 110 Å². The van der Waals surface area contributed by atoms with Crippen LogP contribution in [0.3, 0.4) is 0 Å². The molecule has 0 N–H and O–H groups in total. The van der Waals surface area contributed by atoms with E-state index in [1.807, 2.05) is 11.3 Å². The van der Waals surface area contributed by atoms with Crippen LogP contribution in [0.15, 0.2) is 194 Å². The van der Waals surface area contributed by atoms with Gasteiger partial charge in [0.25, 0.3) is 6.71 Å². The molecule has 0 unspecified atom stereocenters. The van der Waals surface area contributed by atoms with Gasteiger partial charge in [-0.2, -0.15) is 0 Å². The van der Waals surface area contributed by atoms with Gasteiger partial charge in [0.1, 0.15) is 5.82 Å². The number of thiophene rings is 1. The van der Waals surface area contributed by atoms with Crippen molar-refractivity contribution in [3.63, 3.8) is 0 Å². The first-order valence-corrected chi connectivity index (χ1v) is 25.7. The van der Waals surface area contributed by atoms with Crippen LogP contribution in [0.5, 0.6) is 0 Å². The number of hydrogen-bond acceptors (Lipinski definition) is 3.